The quantitative estimate of drug-likeness (QED) is 0.850. The van der Waals surface area contributed by atoms with Gasteiger partial charge in [-0.15, -0.1) is 0 Å². The molecular weight excluding hydrogens is 246 g/mol. The summed E-state index contributed by atoms with van der Waals surface area (Å²) in [5.74, 6) is 0. The second-order valence-electron chi connectivity index (χ2n) is 5.98. The minimum absolute atomic E-state index is 0.0458. The van der Waals surface area contributed by atoms with E-state index in [2.05, 4.69) is 49.9 Å². The lowest BCUT2D eigenvalue weighted by Crippen LogP contribution is -2.51. The number of rotatable bonds is 6. The summed E-state index contributed by atoms with van der Waals surface area (Å²) in [4.78, 5) is 2.48. The summed E-state index contributed by atoms with van der Waals surface area (Å²) in [6.45, 7) is 8.61. The largest absolute Gasteiger partial charge is 0.386 e. The first-order chi connectivity index (χ1) is 9.67. The van der Waals surface area contributed by atoms with Crippen LogP contribution in [0.25, 0.3) is 0 Å². The Morgan fingerprint density at radius 2 is 1.80 bits per heavy atom. The lowest BCUT2D eigenvalue weighted by atomic mass is 9.83. The molecule has 2 rings (SSSR count). The van der Waals surface area contributed by atoms with E-state index in [1.165, 1.54) is 18.4 Å². The van der Waals surface area contributed by atoms with Gasteiger partial charge in [-0.3, -0.25) is 4.90 Å². The summed E-state index contributed by atoms with van der Waals surface area (Å²) in [5, 5.41) is 11.1. The topological polar surface area (TPSA) is 23.5 Å². The van der Waals surface area contributed by atoms with Crippen molar-refractivity contribution in [1.29, 1.82) is 0 Å². The van der Waals surface area contributed by atoms with Gasteiger partial charge >= 0.3 is 0 Å². The summed E-state index contributed by atoms with van der Waals surface area (Å²) in [5.41, 5.74) is 2.36. The Bertz CT molecular complexity index is 419. The number of nitrogens with zero attached hydrogens (tertiary/aromatic N) is 1. The van der Waals surface area contributed by atoms with Crippen molar-refractivity contribution < 1.29 is 5.11 Å². The molecule has 2 heteroatoms. The van der Waals surface area contributed by atoms with E-state index in [4.69, 9.17) is 0 Å². The van der Waals surface area contributed by atoms with Gasteiger partial charge in [0, 0.05) is 0 Å². The van der Waals surface area contributed by atoms with Crippen molar-refractivity contribution in [2.45, 2.75) is 64.5 Å². The van der Waals surface area contributed by atoms with Gasteiger partial charge in [-0.1, -0.05) is 57.9 Å². The van der Waals surface area contributed by atoms with Crippen LogP contribution in [-0.2, 0) is 6.42 Å². The van der Waals surface area contributed by atoms with E-state index < -0.39 is 0 Å². The predicted molar refractivity (Wildman–Crippen MR) is 84.9 cm³/mol. The van der Waals surface area contributed by atoms with E-state index in [1.54, 1.807) is 0 Å². The second-order valence-corrected chi connectivity index (χ2v) is 5.98. The van der Waals surface area contributed by atoms with Gasteiger partial charge in [-0.05, 0) is 43.5 Å². The van der Waals surface area contributed by atoms with Crippen molar-refractivity contribution in [3.05, 3.63) is 35.4 Å². The smallest absolute Gasteiger partial charge is 0.0973 e. The van der Waals surface area contributed by atoms with Gasteiger partial charge in [-0.2, -0.15) is 0 Å². The third-order valence-electron chi connectivity index (χ3n) is 5.05. The maximum Gasteiger partial charge on any atom is 0.0973 e. The van der Waals surface area contributed by atoms with Crippen LogP contribution >= 0.6 is 0 Å². The van der Waals surface area contributed by atoms with Crippen LogP contribution in [0.15, 0.2) is 24.3 Å². The SMILES string of the molecule is CCc1cccc(C(O)C2(N(CC)CC)CCCC2)c1. The number of likely N-dealkylation sites (N-methyl/N-ethyl adjacent to an activating group) is 1. The fourth-order valence-electron chi connectivity index (χ4n) is 3.90. The molecule has 1 aromatic rings. The maximum atomic E-state index is 11.1. The summed E-state index contributed by atoms with van der Waals surface area (Å²) in [6, 6.07) is 8.51. The van der Waals surface area contributed by atoms with Crippen LogP contribution in [0.2, 0.25) is 0 Å². The van der Waals surface area contributed by atoms with Gasteiger partial charge in [-0.25, -0.2) is 0 Å². The first kappa shape index (κ1) is 15.5. The van der Waals surface area contributed by atoms with Gasteiger partial charge in [0.25, 0.3) is 0 Å². The van der Waals surface area contributed by atoms with Crippen LogP contribution in [0, 0.1) is 0 Å². The van der Waals surface area contributed by atoms with Crippen molar-refractivity contribution in [3.8, 4) is 0 Å². The molecule has 2 nitrogen and oxygen atoms in total. The molecule has 0 radical (unpaired) electrons. The minimum atomic E-state index is -0.364. The molecule has 0 aromatic heterocycles. The number of hydrogen-bond acceptors (Lipinski definition) is 2. The highest BCUT2D eigenvalue weighted by Gasteiger charge is 2.44. The Hall–Kier alpha value is -0.860. The number of aliphatic hydroxyl groups is 1. The Balaban J connectivity index is 2.33. The molecule has 0 saturated heterocycles. The van der Waals surface area contributed by atoms with Crippen LogP contribution in [0.5, 0.6) is 0 Å². The summed E-state index contributed by atoms with van der Waals surface area (Å²) < 4.78 is 0. The van der Waals surface area contributed by atoms with Crippen LogP contribution in [-0.4, -0.2) is 28.6 Å². The minimum Gasteiger partial charge on any atom is -0.386 e. The van der Waals surface area contributed by atoms with Crippen molar-refractivity contribution in [1.82, 2.24) is 4.90 Å². The van der Waals surface area contributed by atoms with Crippen molar-refractivity contribution in [2.75, 3.05) is 13.1 Å². The fraction of sp³-hybridized carbons (Fsp3) is 0.667. The monoisotopic (exact) mass is 275 g/mol. The molecule has 0 heterocycles. The molecule has 20 heavy (non-hydrogen) atoms. The van der Waals surface area contributed by atoms with Crippen LogP contribution < -0.4 is 0 Å². The molecule has 1 saturated carbocycles. The van der Waals surface area contributed by atoms with Gasteiger partial charge in [0.05, 0.1) is 11.6 Å². The maximum absolute atomic E-state index is 11.1. The van der Waals surface area contributed by atoms with Crippen LogP contribution in [0.4, 0.5) is 0 Å². The van der Waals surface area contributed by atoms with Crippen LogP contribution in [0.1, 0.15) is 63.7 Å². The molecule has 0 spiro atoms. The highest BCUT2D eigenvalue weighted by Crippen LogP contribution is 2.44. The first-order valence-electron chi connectivity index (χ1n) is 8.19. The van der Waals surface area contributed by atoms with Crippen molar-refractivity contribution >= 4 is 0 Å². The van der Waals surface area contributed by atoms with E-state index in [9.17, 15) is 5.11 Å². The molecule has 0 amide bonds. The fourth-order valence-corrected chi connectivity index (χ4v) is 3.90. The lowest BCUT2D eigenvalue weighted by molar-refractivity contribution is -0.0269. The van der Waals surface area contributed by atoms with Gasteiger partial charge in [0.1, 0.15) is 0 Å². The van der Waals surface area contributed by atoms with E-state index in [-0.39, 0.29) is 11.6 Å². The summed E-state index contributed by atoms with van der Waals surface area (Å²) >= 11 is 0. The molecule has 0 aliphatic heterocycles. The Kier molecular flexibility index (Phi) is 5.22. The molecule has 1 N–H and O–H groups in total. The normalized spacial score (nSPS) is 19.4. The van der Waals surface area contributed by atoms with E-state index in [0.29, 0.717) is 0 Å². The third-order valence-corrected chi connectivity index (χ3v) is 5.05. The molecule has 1 unspecified atom stereocenters. The van der Waals surface area contributed by atoms with E-state index in [1.807, 2.05) is 0 Å². The predicted octanol–water partition coefficient (Wildman–Crippen LogP) is 3.94. The number of aryl methyl sites for hydroxylation is 1. The summed E-state index contributed by atoms with van der Waals surface area (Å²) in [7, 11) is 0. The van der Waals surface area contributed by atoms with E-state index in [0.717, 1.165) is 37.9 Å². The van der Waals surface area contributed by atoms with Crippen molar-refractivity contribution in [2.24, 2.45) is 0 Å². The molecule has 1 fully saturated rings. The number of benzene rings is 1. The van der Waals surface area contributed by atoms with Gasteiger partial charge in [0.2, 0.25) is 0 Å². The molecule has 0 bridgehead atoms. The Morgan fingerprint density at radius 3 is 2.35 bits per heavy atom. The van der Waals surface area contributed by atoms with Crippen molar-refractivity contribution in [3.63, 3.8) is 0 Å². The van der Waals surface area contributed by atoms with Gasteiger partial charge < -0.3 is 5.11 Å². The molecule has 1 aromatic carbocycles. The average molecular weight is 275 g/mol. The molecule has 1 aliphatic rings. The first-order valence-corrected chi connectivity index (χ1v) is 8.19. The standard InChI is InChI=1S/C18H29NO/c1-4-15-10-9-11-16(14-15)17(20)18(12-7-8-13-18)19(5-2)6-3/h9-11,14,17,20H,4-8,12-13H2,1-3H3. The Labute approximate surface area is 123 Å². The Morgan fingerprint density at radius 1 is 1.15 bits per heavy atom. The number of aliphatic hydroxyl groups excluding tert-OH is 1. The highest BCUT2D eigenvalue weighted by atomic mass is 16.3. The average Bonchev–Trinajstić information content (AvgIpc) is 2.98. The van der Waals surface area contributed by atoms with Crippen LogP contribution in [0.3, 0.4) is 0 Å². The zero-order valence-corrected chi connectivity index (χ0v) is 13.2. The molecule has 112 valence electrons. The molecular formula is C18H29NO. The third kappa shape index (κ3) is 2.77. The zero-order chi connectivity index (χ0) is 14.6. The van der Waals surface area contributed by atoms with Gasteiger partial charge in [0.15, 0.2) is 0 Å². The molecule has 1 atom stereocenters. The van der Waals surface area contributed by atoms with E-state index >= 15 is 0 Å². The zero-order valence-electron chi connectivity index (χ0n) is 13.2. The second kappa shape index (κ2) is 6.73. The highest BCUT2D eigenvalue weighted by molar-refractivity contribution is 5.28. The summed E-state index contributed by atoms with van der Waals surface area (Å²) in [6.07, 6.45) is 5.37. The number of hydrogen-bond donors (Lipinski definition) is 1. The molecule has 1 aliphatic carbocycles. The lowest BCUT2D eigenvalue weighted by Gasteiger charge is -2.44.